The van der Waals surface area contributed by atoms with Crippen molar-refractivity contribution in [3.63, 3.8) is 0 Å². The molecule has 1 amide bonds. The Morgan fingerprint density at radius 2 is 2.09 bits per heavy atom. The standard InChI is InChI=1S/C26H25ClFN5O2/c1-15-10-20(26-29-14-30-32(26)3)18-6-4-7-23(25(18)31-15)35-13-21-19(11-17(28)12-22(21)27)16(2)33-9-5-8-24(33)34/h4,6-7,10-12,14,16H,5,8-9,13H2,1-3H3/t16-/m0/s1. The lowest BCUT2D eigenvalue weighted by molar-refractivity contribution is -0.129. The van der Waals surface area contributed by atoms with E-state index in [1.165, 1.54) is 18.5 Å². The van der Waals surface area contributed by atoms with Crippen molar-refractivity contribution in [2.24, 2.45) is 7.05 Å². The summed E-state index contributed by atoms with van der Waals surface area (Å²) in [7, 11) is 1.84. The summed E-state index contributed by atoms with van der Waals surface area (Å²) in [4.78, 5) is 23.2. The van der Waals surface area contributed by atoms with E-state index in [1.54, 1.807) is 9.58 Å². The van der Waals surface area contributed by atoms with Gasteiger partial charge in [-0.15, -0.1) is 0 Å². The van der Waals surface area contributed by atoms with Gasteiger partial charge in [0.05, 0.1) is 11.1 Å². The second-order valence-electron chi connectivity index (χ2n) is 8.78. The molecular formula is C26H25ClFN5O2. The maximum absolute atomic E-state index is 14.3. The third-order valence-electron chi connectivity index (χ3n) is 6.48. The lowest BCUT2D eigenvalue weighted by Crippen LogP contribution is -2.29. The van der Waals surface area contributed by atoms with Crippen molar-refractivity contribution in [3.05, 3.63) is 70.4 Å². The summed E-state index contributed by atoms with van der Waals surface area (Å²) < 4.78 is 22.3. The number of aromatic nitrogens is 4. The summed E-state index contributed by atoms with van der Waals surface area (Å²) >= 11 is 6.48. The number of carbonyl (C=O) groups excluding carboxylic acids is 1. The van der Waals surface area contributed by atoms with Crippen LogP contribution in [0.4, 0.5) is 4.39 Å². The Morgan fingerprint density at radius 3 is 2.80 bits per heavy atom. The topological polar surface area (TPSA) is 73.1 Å². The van der Waals surface area contributed by atoms with Crippen molar-refractivity contribution < 1.29 is 13.9 Å². The zero-order chi connectivity index (χ0) is 24.7. The van der Waals surface area contributed by atoms with Gasteiger partial charge in [-0.3, -0.25) is 4.79 Å². The number of aryl methyl sites for hydroxylation is 2. The van der Waals surface area contributed by atoms with Gasteiger partial charge in [0, 0.05) is 42.2 Å². The second-order valence-corrected chi connectivity index (χ2v) is 9.19. The number of pyridine rings is 1. The van der Waals surface area contributed by atoms with Crippen LogP contribution in [0.3, 0.4) is 0 Å². The highest BCUT2D eigenvalue weighted by atomic mass is 35.5. The van der Waals surface area contributed by atoms with Crippen molar-refractivity contribution >= 4 is 28.4 Å². The molecule has 1 saturated heterocycles. The number of rotatable bonds is 6. The fourth-order valence-corrected chi connectivity index (χ4v) is 5.00. The second kappa shape index (κ2) is 9.26. The molecule has 180 valence electrons. The van der Waals surface area contributed by atoms with E-state index in [9.17, 15) is 9.18 Å². The number of nitrogens with zero attached hydrogens (tertiary/aromatic N) is 5. The average molecular weight is 494 g/mol. The molecule has 9 heteroatoms. The highest BCUT2D eigenvalue weighted by Gasteiger charge is 2.28. The Balaban J connectivity index is 1.52. The summed E-state index contributed by atoms with van der Waals surface area (Å²) in [5.41, 5.74) is 3.70. The molecule has 3 heterocycles. The smallest absolute Gasteiger partial charge is 0.223 e. The van der Waals surface area contributed by atoms with E-state index in [-0.39, 0.29) is 23.6 Å². The molecular weight excluding hydrogens is 469 g/mol. The van der Waals surface area contributed by atoms with Gasteiger partial charge in [-0.1, -0.05) is 23.7 Å². The van der Waals surface area contributed by atoms with Gasteiger partial charge in [0.15, 0.2) is 5.82 Å². The van der Waals surface area contributed by atoms with Crippen LogP contribution in [-0.4, -0.2) is 37.1 Å². The molecule has 0 bridgehead atoms. The van der Waals surface area contributed by atoms with Gasteiger partial charge in [-0.2, -0.15) is 5.10 Å². The molecule has 0 saturated carbocycles. The molecule has 5 rings (SSSR count). The molecule has 0 aliphatic carbocycles. The normalized spacial score (nSPS) is 14.7. The zero-order valence-corrected chi connectivity index (χ0v) is 20.5. The number of hydrogen-bond acceptors (Lipinski definition) is 5. The van der Waals surface area contributed by atoms with Crippen molar-refractivity contribution in [2.45, 2.75) is 39.3 Å². The fraction of sp³-hybridized carbons (Fsp3) is 0.308. The molecule has 1 fully saturated rings. The number of para-hydroxylation sites is 1. The number of fused-ring (bicyclic) bond motifs is 1. The minimum Gasteiger partial charge on any atom is -0.487 e. The van der Waals surface area contributed by atoms with Crippen LogP contribution >= 0.6 is 11.6 Å². The van der Waals surface area contributed by atoms with Gasteiger partial charge in [-0.05, 0) is 50.1 Å². The van der Waals surface area contributed by atoms with Crippen LogP contribution < -0.4 is 4.74 Å². The summed E-state index contributed by atoms with van der Waals surface area (Å²) in [6.45, 7) is 4.56. The summed E-state index contributed by atoms with van der Waals surface area (Å²) in [5, 5.41) is 5.34. The van der Waals surface area contributed by atoms with Crippen LogP contribution in [0.1, 0.15) is 42.6 Å². The van der Waals surface area contributed by atoms with Gasteiger partial charge >= 0.3 is 0 Å². The van der Waals surface area contributed by atoms with Crippen molar-refractivity contribution in [3.8, 4) is 17.1 Å². The number of carbonyl (C=O) groups is 1. The molecule has 1 atom stereocenters. The molecule has 1 aliphatic rings. The van der Waals surface area contributed by atoms with Crippen molar-refractivity contribution in [1.29, 1.82) is 0 Å². The van der Waals surface area contributed by atoms with Crippen LogP contribution in [0, 0.1) is 12.7 Å². The highest BCUT2D eigenvalue weighted by molar-refractivity contribution is 6.31. The molecule has 0 radical (unpaired) electrons. The third kappa shape index (κ3) is 4.34. The summed E-state index contributed by atoms with van der Waals surface area (Å²) in [5.74, 6) is 0.925. The molecule has 0 spiro atoms. The predicted octanol–water partition coefficient (Wildman–Crippen LogP) is 5.39. The quantitative estimate of drug-likeness (QED) is 0.360. The first-order valence-electron chi connectivity index (χ1n) is 11.5. The van der Waals surface area contributed by atoms with Crippen LogP contribution in [0.15, 0.2) is 42.7 Å². The number of amides is 1. The zero-order valence-electron chi connectivity index (χ0n) is 19.8. The van der Waals surface area contributed by atoms with Crippen molar-refractivity contribution in [1.82, 2.24) is 24.6 Å². The molecule has 35 heavy (non-hydrogen) atoms. The fourth-order valence-electron chi connectivity index (χ4n) is 4.74. The van der Waals surface area contributed by atoms with Gasteiger partial charge < -0.3 is 9.64 Å². The Labute approximate surface area is 207 Å². The van der Waals surface area contributed by atoms with E-state index < -0.39 is 5.82 Å². The number of ether oxygens (including phenoxy) is 1. The summed E-state index contributed by atoms with van der Waals surface area (Å²) in [6, 6.07) is 10.1. The summed E-state index contributed by atoms with van der Waals surface area (Å²) in [6.07, 6.45) is 2.82. The lowest BCUT2D eigenvalue weighted by Gasteiger charge is -2.27. The van der Waals surface area contributed by atoms with E-state index in [4.69, 9.17) is 21.3 Å². The first-order valence-corrected chi connectivity index (χ1v) is 11.9. The Hall–Kier alpha value is -3.52. The van der Waals surface area contributed by atoms with Gasteiger partial charge in [-0.25, -0.2) is 19.0 Å². The largest absolute Gasteiger partial charge is 0.487 e. The van der Waals surface area contributed by atoms with Crippen LogP contribution in [0.25, 0.3) is 22.3 Å². The molecule has 7 nitrogen and oxygen atoms in total. The predicted molar refractivity (Wildman–Crippen MR) is 132 cm³/mol. The number of halogens is 2. The molecule has 4 aromatic rings. The molecule has 1 aliphatic heterocycles. The van der Waals surface area contributed by atoms with E-state index in [0.717, 1.165) is 28.9 Å². The first kappa shape index (κ1) is 23.2. The lowest BCUT2D eigenvalue weighted by atomic mass is 10.00. The number of likely N-dealkylation sites (tertiary alicyclic amines) is 1. The van der Waals surface area contributed by atoms with Gasteiger partial charge in [0.1, 0.15) is 30.0 Å². The van der Waals surface area contributed by atoms with E-state index in [2.05, 4.69) is 10.1 Å². The van der Waals surface area contributed by atoms with Crippen LogP contribution in [-0.2, 0) is 18.4 Å². The van der Waals surface area contributed by atoms with E-state index in [1.807, 2.05) is 45.2 Å². The van der Waals surface area contributed by atoms with Crippen LogP contribution in [0.2, 0.25) is 5.02 Å². The Kier molecular flexibility index (Phi) is 6.15. The van der Waals surface area contributed by atoms with E-state index in [0.29, 0.717) is 35.4 Å². The minimum absolute atomic E-state index is 0.0646. The molecule has 2 aromatic carbocycles. The average Bonchev–Trinajstić information content (AvgIpc) is 3.45. The van der Waals surface area contributed by atoms with Crippen LogP contribution in [0.5, 0.6) is 5.75 Å². The monoisotopic (exact) mass is 493 g/mol. The minimum atomic E-state index is -0.442. The maximum atomic E-state index is 14.3. The molecule has 0 N–H and O–H groups in total. The molecule has 0 unspecified atom stereocenters. The SMILES string of the molecule is Cc1cc(-c2ncnn2C)c2cccc(OCc3c(Cl)cc(F)cc3[C@H](C)N3CCCC3=O)c2n1. The Bertz CT molecular complexity index is 1440. The first-order chi connectivity index (χ1) is 16.8. The Morgan fingerprint density at radius 1 is 1.26 bits per heavy atom. The van der Waals surface area contributed by atoms with Gasteiger partial charge in [0.25, 0.3) is 0 Å². The number of benzene rings is 2. The van der Waals surface area contributed by atoms with Crippen molar-refractivity contribution in [2.75, 3.05) is 6.54 Å². The molecule has 2 aromatic heterocycles. The maximum Gasteiger partial charge on any atom is 0.223 e. The van der Waals surface area contributed by atoms with E-state index >= 15 is 0 Å². The highest BCUT2D eigenvalue weighted by Crippen LogP contribution is 2.35. The number of hydrogen-bond donors (Lipinski definition) is 0. The third-order valence-corrected chi connectivity index (χ3v) is 6.81. The van der Waals surface area contributed by atoms with Gasteiger partial charge in [0.2, 0.25) is 5.91 Å².